The van der Waals surface area contributed by atoms with Gasteiger partial charge in [0.25, 0.3) is 0 Å². The number of nitrogens with zero attached hydrogens (tertiary/aromatic N) is 3. The van der Waals surface area contributed by atoms with Crippen LogP contribution in [0.4, 0.5) is 5.95 Å². The molecule has 2 aromatic rings. The summed E-state index contributed by atoms with van der Waals surface area (Å²) in [7, 11) is 0. The van der Waals surface area contributed by atoms with Crippen LogP contribution in [-0.4, -0.2) is 21.6 Å². The lowest BCUT2D eigenvalue weighted by Gasteiger charge is -2.10. The van der Waals surface area contributed by atoms with E-state index in [9.17, 15) is 0 Å². The van der Waals surface area contributed by atoms with Gasteiger partial charge >= 0.3 is 0 Å². The Balaban J connectivity index is 2.06. The van der Waals surface area contributed by atoms with Crippen LogP contribution in [0.2, 0.25) is 10.6 Å². The maximum absolute atomic E-state index is 5.73. The summed E-state index contributed by atoms with van der Waals surface area (Å²) >= 11 is 11.5. The lowest BCUT2D eigenvalue weighted by atomic mass is 10.1. The van der Waals surface area contributed by atoms with Crippen LogP contribution in [-0.2, 0) is 17.9 Å². The molecule has 1 N–H and O–H groups in total. The van der Waals surface area contributed by atoms with Crippen molar-refractivity contribution in [1.82, 2.24) is 15.0 Å². The highest BCUT2D eigenvalue weighted by Gasteiger charge is 2.05. The average Bonchev–Trinajstić information content (AvgIpc) is 2.43. The van der Waals surface area contributed by atoms with E-state index in [-0.39, 0.29) is 10.6 Å². The van der Waals surface area contributed by atoms with Gasteiger partial charge in [-0.2, -0.15) is 15.0 Å². The minimum Gasteiger partial charge on any atom is -0.377 e. The van der Waals surface area contributed by atoms with Gasteiger partial charge in [0.05, 0.1) is 6.61 Å². The van der Waals surface area contributed by atoms with Crippen LogP contribution in [0.3, 0.4) is 0 Å². The van der Waals surface area contributed by atoms with E-state index in [1.165, 1.54) is 0 Å². The Morgan fingerprint density at radius 1 is 1.05 bits per heavy atom. The summed E-state index contributed by atoms with van der Waals surface area (Å²) in [4.78, 5) is 11.6. The fourth-order valence-electron chi connectivity index (χ4n) is 1.66. The topological polar surface area (TPSA) is 59.9 Å². The third-order valence-corrected chi connectivity index (χ3v) is 2.94. The zero-order valence-electron chi connectivity index (χ0n) is 10.9. The second kappa shape index (κ2) is 7.38. The quantitative estimate of drug-likeness (QED) is 0.886. The van der Waals surface area contributed by atoms with Crippen molar-refractivity contribution in [2.45, 2.75) is 20.1 Å². The largest absolute Gasteiger partial charge is 0.377 e. The number of rotatable bonds is 6. The van der Waals surface area contributed by atoms with Crippen LogP contribution in [0.15, 0.2) is 24.3 Å². The molecule has 0 aliphatic rings. The summed E-state index contributed by atoms with van der Waals surface area (Å²) in [5.41, 5.74) is 2.22. The van der Waals surface area contributed by atoms with Crippen molar-refractivity contribution in [2.24, 2.45) is 0 Å². The number of halogens is 2. The highest BCUT2D eigenvalue weighted by molar-refractivity contribution is 6.31. The van der Waals surface area contributed by atoms with Crippen LogP contribution >= 0.6 is 23.2 Å². The predicted octanol–water partition coefficient (Wildman–Crippen LogP) is 3.33. The number of benzene rings is 1. The summed E-state index contributed by atoms with van der Waals surface area (Å²) in [5.74, 6) is 0.348. The summed E-state index contributed by atoms with van der Waals surface area (Å²) in [6.07, 6.45) is 0. The number of nitrogens with one attached hydrogen (secondary N) is 1. The molecular formula is C13H14Cl2N4O. The first kappa shape index (κ1) is 15.0. The van der Waals surface area contributed by atoms with E-state index in [4.69, 9.17) is 27.9 Å². The molecule has 0 amide bonds. The molecule has 2 rings (SSSR count). The molecule has 0 bridgehead atoms. The van der Waals surface area contributed by atoms with Crippen molar-refractivity contribution < 1.29 is 4.74 Å². The molecule has 0 aliphatic heterocycles. The van der Waals surface area contributed by atoms with Crippen molar-refractivity contribution >= 4 is 29.2 Å². The molecule has 1 aromatic heterocycles. The van der Waals surface area contributed by atoms with Gasteiger partial charge in [-0.25, -0.2) is 0 Å². The Labute approximate surface area is 127 Å². The van der Waals surface area contributed by atoms with Gasteiger partial charge in [-0.15, -0.1) is 0 Å². The molecule has 5 nitrogen and oxygen atoms in total. The van der Waals surface area contributed by atoms with E-state index in [0.717, 1.165) is 11.1 Å². The third-order valence-electron chi connectivity index (χ3n) is 2.60. The fourth-order valence-corrected chi connectivity index (χ4v) is 2.03. The van der Waals surface area contributed by atoms with Gasteiger partial charge in [-0.05, 0) is 41.3 Å². The molecule has 106 valence electrons. The number of hydrogen-bond donors (Lipinski definition) is 1. The average molecular weight is 313 g/mol. The normalized spacial score (nSPS) is 10.6. The Morgan fingerprint density at radius 3 is 2.35 bits per heavy atom. The lowest BCUT2D eigenvalue weighted by molar-refractivity contribution is 0.133. The first-order valence-corrected chi connectivity index (χ1v) is 6.90. The standard InChI is InChI=1S/C13H14Cl2N4O/c1-2-20-8-10-6-4-3-5-9(10)7-16-13-18-11(14)17-12(15)19-13/h3-6H,2,7-8H2,1H3,(H,16,17,18,19). The van der Waals surface area contributed by atoms with Crippen LogP contribution in [0.1, 0.15) is 18.1 Å². The van der Waals surface area contributed by atoms with E-state index in [1.54, 1.807) is 0 Å². The summed E-state index contributed by atoms with van der Waals surface area (Å²) < 4.78 is 5.44. The minimum atomic E-state index is 0.0649. The van der Waals surface area contributed by atoms with Crippen molar-refractivity contribution in [3.05, 3.63) is 46.0 Å². The molecule has 7 heteroatoms. The van der Waals surface area contributed by atoms with E-state index < -0.39 is 0 Å². The number of anilines is 1. The molecule has 0 saturated heterocycles. The fraction of sp³-hybridized carbons (Fsp3) is 0.308. The van der Waals surface area contributed by atoms with E-state index >= 15 is 0 Å². The van der Waals surface area contributed by atoms with Crippen LogP contribution < -0.4 is 5.32 Å². The maximum atomic E-state index is 5.73. The van der Waals surface area contributed by atoms with Gasteiger partial charge in [0.1, 0.15) is 0 Å². The van der Waals surface area contributed by atoms with Gasteiger partial charge in [0.2, 0.25) is 16.5 Å². The summed E-state index contributed by atoms with van der Waals surface area (Å²) in [6.45, 7) is 3.78. The monoisotopic (exact) mass is 312 g/mol. The molecule has 0 aliphatic carbocycles. The van der Waals surface area contributed by atoms with Crippen LogP contribution in [0.5, 0.6) is 0 Å². The predicted molar refractivity (Wildman–Crippen MR) is 78.9 cm³/mol. The second-order valence-corrected chi connectivity index (χ2v) is 4.63. The van der Waals surface area contributed by atoms with Gasteiger partial charge in [-0.3, -0.25) is 0 Å². The molecule has 0 atom stereocenters. The number of ether oxygens (including phenoxy) is 1. The van der Waals surface area contributed by atoms with Gasteiger partial charge < -0.3 is 10.1 Å². The smallest absolute Gasteiger partial charge is 0.228 e. The van der Waals surface area contributed by atoms with Crippen LogP contribution in [0.25, 0.3) is 0 Å². The van der Waals surface area contributed by atoms with Gasteiger partial charge in [-0.1, -0.05) is 24.3 Å². The van der Waals surface area contributed by atoms with Crippen molar-refractivity contribution in [3.63, 3.8) is 0 Å². The van der Waals surface area contributed by atoms with Crippen LogP contribution in [0, 0.1) is 0 Å². The first-order valence-electron chi connectivity index (χ1n) is 6.14. The van der Waals surface area contributed by atoms with Gasteiger partial charge in [0, 0.05) is 13.2 Å². The molecule has 0 fully saturated rings. The highest BCUT2D eigenvalue weighted by Crippen LogP contribution is 2.14. The van der Waals surface area contributed by atoms with Crippen molar-refractivity contribution in [2.75, 3.05) is 11.9 Å². The van der Waals surface area contributed by atoms with Crippen molar-refractivity contribution in [3.8, 4) is 0 Å². The molecular weight excluding hydrogens is 299 g/mol. The molecule has 1 aromatic carbocycles. The molecule has 0 spiro atoms. The Kier molecular flexibility index (Phi) is 5.52. The lowest BCUT2D eigenvalue weighted by Crippen LogP contribution is -2.07. The first-order chi connectivity index (χ1) is 9.69. The van der Waals surface area contributed by atoms with E-state index in [0.29, 0.717) is 25.7 Å². The SMILES string of the molecule is CCOCc1ccccc1CNc1nc(Cl)nc(Cl)n1. The Hall–Kier alpha value is -1.43. The Morgan fingerprint density at radius 2 is 1.70 bits per heavy atom. The molecule has 20 heavy (non-hydrogen) atoms. The summed E-state index contributed by atoms with van der Waals surface area (Å²) in [5, 5.41) is 3.20. The number of hydrogen-bond acceptors (Lipinski definition) is 5. The molecule has 1 heterocycles. The summed E-state index contributed by atoms with van der Waals surface area (Å²) in [6, 6.07) is 8.00. The maximum Gasteiger partial charge on any atom is 0.228 e. The minimum absolute atomic E-state index is 0.0649. The van der Waals surface area contributed by atoms with Crippen molar-refractivity contribution in [1.29, 1.82) is 0 Å². The zero-order valence-corrected chi connectivity index (χ0v) is 12.4. The molecule has 0 radical (unpaired) electrons. The number of aromatic nitrogens is 3. The Bertz CT molecular complexity index is 560. The molecule has 0 saturated carbocycles. The van der Waals surface area contributed by atoms with Gasteiger partial charge in [0.15, 0.2) is 0 Å². The van der Waals surface area contributed by atoms with E-state index in [1.807, 2.05) is 31.2 Å². The molecule has 0 unspecified atom stereocenters. The third kappa shape index (κ3) is 4.30. The zero-order chi connectivity index (χ0) is 14.4. The van der Waals surface area contributed by atoms with E-state index in [2.05, 4.69) is 20.3 Å². The second-order valence-electron chi connectivity index (χ2n) is 3.96. The highest BCUT2D eigenvalue weighted by atomic mass is 35.5.